The minimum absolute atomic E-state index is 0.209. The fourth-order valence-corrected chi connectivity index (χ4v) is 1.72. The standard InChI is InChI=1S/C10H19F3N2O/c1-15(8-10(11,12)13)6-7-16-9-2-4-14-5-3-9/h9,14H,2-8H2,1H3. The van der Waals surface area contributed by atoms with Crippen molar-refractivity contribution in [3.63, 3.8) is 0 Å². The zero-order chi connectivity index (χ0) is 12.0. The molecule has 1 aliphatic heterocycles. The quantitative estimate of drug-likeness (QED) is 0.782. The first-order valence-corrected chi connectivity index (χ1v) is 5.55. The summed E-state index contributed by atoms with van der Waals surface area (Å²) in [5.41, 5.74) is 0. The van der Waals surface area contributed by atoms with Crippen LogP contribution >= 0.6 is 0 Å². The molecule has 16 heavy (non-hydrogen) atoms. The molecule has 0 radical (unpaired) electrons. The van der Waals surface area contributed by atoms with Gasteiger partial charge in [0, 0.05) is 6.54 Å². The summed E-state index contributed by atoms with van der Waals surface area (Å²) in [4.78, 5) is 1.24. The maximum Gasteiger partial charge on any atom is 0.401 e. The molecule has 0 aromatic rings. The molecular formula is C10H19F3N2O. The average Bonchev–Trinajstić information content (AvgIpc) is 2.16. The minimum Gasteiger partial charge on any atom is -0.377 e. The van der Waals surface area contributed by atoms with Gasteiger partial charge in [0.05, 0.1) is 19.3 Å². The summed E-state index contributed by atoms with van der Waals surface area (Å²) in [6, 6.07) is 0. The molecule has 0 bridgehead atoms. The number of hydrogen-bond acceptors (Lipinski definition) is 3. The molecule has 0 saturated carbocycles. The molecular weight excluding hydrogens is 221 g/mol. The van der Waals surface area contributed by atoms with Crippen LogP contribution in [0.15, 0.2) is 0 Å². The van der Waals surface area contributed by atoms with E-state index in [0.717, 1.165) is 25.9 Å². The second-order valence-electron chi connectivity index (χ2n) is 4.17. The van der Waals surface area contributed by atoms with E-state index in [4.69, 9.17) is 4.74 Å². The van der Waals surface area contributed by atoms with Crippen LogP contribution in [0.1, 0.15) is 12.8 Å². The van der Waals surface area contributed by atoms with Crippen LogP contribution < -0.4 is 5.32 Å². The summed E-state index contributed by atoms with van der Waals surface area (Å²) in [5.74, 6) is 0. The highest BCUT2D eigenvalue weighted by Gasteiger charge is 2.28. The van der Waals surface area contributed by atoms with Gasteiger partial charge >= 0.3 is 6.18 Å². The fourth-order valence-electron chi connectivity index (χ4n) is 1.72. The molecule has 0 aliphatic carbocycles. The van der Waals surface area contributed by atoms with Crippen LogP contribution in [0.25, 0.3) is 0 Å². The van der Waals surface area contributed by atoms with E-state index in [1.54, 1.807) is 0 Å². The van der Waals surface area contributed by atoms with Crippen LogP contribution in [-0.4, -0.2) is 57.0 Å². The van der Waals surface area contributed by atoms with Gasteiger partial charge in [0.2, 0.25) is 0 Å². The van der Waals surface area contributed by atoms with E-state index in [1.165, 1.54) is 11.9 Å². The van der Waals surface area contributed by atoms with Gasteiger partial charge in [0.15, 0.2) is 0 Å². The van der Waals surface area contributed by atoms with Crippen molar-refractivity contribution in [3.8, 4) is 0 Å². The number of piperidine rings is 1. The third-order valence-electron chi connectivity index (χ3n) is 2.56. The molecule has 1 N–H and O–H groups in total. The first kappa shape index (κ1) is 13.7. The SMILES string of the molecule is CN(CCOC1CCNCC1)CC(F)(F)F. The number of alkyl halides is 3. The predicted octanol–water partition coefficient (Wildman–Crippen LogP) is 1.25. The van der Waals surface area contributed by atoms with Crippen molar-refractivity contribution in [2.45, 2.75) is 25.1 Å². The first-order chi connectivity index (χ1) is 7.47. The molecule has 6 heteroatoms. The molecule has 0 spiro atoms. The summed E-state index contributed by atoms with van der Waals surface area (Å²) < 4.78 is 41.5. The number of hydrogen-bond donors (Lipinski definition) is 1. The number of nitrogens with zero attached hydrogens (tertiary/aromatic N) is 1. The van der Waals surface area contributed by atoms with Crippen molar-refractivity contribution < 1.29 is 17.9 Å². The van der Waals surface area contributed by atoms with Crippen LogP contribution in [0, 0.1) is 0 Å². The van der Waals surface area contributed by atoms with Gasteiger partial charge in [-0.3, -0.25) is 4.90 Å². The Morgan fingerprint density at radius 3 is 2.50 bits per heavy atom. The van der Waals surface area contributed by atoms with Crippen LogP contribution in [0.2, 0.25) is 0 Å². The number of rotatable bonds is 5. The van der Waals surface area contributed by atoms with Gasteiger partial charge in [-0.1, -0.05) is 0 Å². The first-order valence-electron chi connectivity index (χ1n) is 5.55. The van der Waals surface area contributed by atoms with Crippen molar-refractivity contribution in [1.82, 2.24) is 10.2 Å². The third-order valence-corrected chi connectivity index (χ3v) is 2.56. The lowest BCUT2D eigenvalue weighted by molar-refractivity contribution is -0.144. The van der Waals surface area contributed by atoms with Gasteiger partial charge in [0.1, 0.15) is 0 Å². The third kappa shape index (κ3) is 6.30. The lowest BCUT2D eigenvalue weighted by Gasteiger charge is -2.24. The zero-order valence-corrected chi connectivity index (χ0v) is 9.52. The molecule has 1 rings (SSSR count). The smallest absolute Gasteiger partial charge is 0.377 e. The van der Waals surface area contributed by atoms with Gasteiger partial charge in [0.25, 0.3) is 0 Å². The van der Waals surface area contributed by atoms with Crippen molar-refractivity contribution >= 4 is 0 Å². The van der Waals surface area contributed by atoms with Gasteiger partial charge in [-0.15, -0.1) is 0 Å². The largest absolute Gasteiger partial charge is 0.401 e. The van der Waals surface area contributed by atoms with E-state index in [-0.39, 0.29) is 6.10 Å². The highest BCUT2D eigenvalue weighted by Crippen LogP contribution is 2.15. The lowest BCUT2D eigenvalue weighted by atomic mass is 10.1. The van der Waals surface area contributed by atoms with Gasteiger partial charge < -0.3 is 10.1 Å². The molecule has 0 aromatic carbocycles. The Hall–Kier alpha value is -0.330. The second kappa shape index (κ2) is 6.42. The van der Waals surface area contributed by atoms with E-state index in [1.807, 2.05) is 0 Å². The normalized spacial score (nSPS) is 19.3. The summed E-state index contributed by atoms with van der Waals surface area (Å²) in [7, 11) is 1.46. The second-order valence-corrected chi connectivity index (χ2v) is 4.17. The maximum absolute atomic E-state index is 12.0. The van der Waals surface area contributed by atoms with Crippen LogP contribution in [-0.2, 0) is 4.74 Å². The fraction of sp³-hybridized carbons (Fsp3) is 1.00. The summed E-state index contributed by atoms with van der Waals surface area (Å²) >= 11 is 0. The van der Waals surface area contributed by atoms with E-state index in [2.05, 4.69) is 5.32 Å². The molecule has 1 aliphatic rings. The molecule has 3 nitrogen and oxygen atoms in total. The Morgan fingerprint density at radius 2 is 1.94 bits per heavy atom. The van der Waals surface area contributed by atoms with Crippen LogP contribution in [0.3, 0.4) is 0 Å². The lowest BCUT2D eigenvalue weighted by Crippen LogP contribution is -2.36. The van der Waals surface area contributed by atoms with Gasteiger partial charge in [-0.05, 0) is 33.0 Å². The van der Waals surface area contributed by atoms with Gasteiger partial charge in [-0.25, -0.2) is 0 Å². The highest BCUT2D eigenvalue weighted by atomic mass is 19.4. The molecule has 0 unspecified atom stereocenters. The van der Waals surface area contributed by atoms with Crippen molar-refractivity contribution in [3.05, 3.63) is 0 Å². The Kier molecular flexibility index (Phi) is 5.51. The number of likely N-dealkylation sites (N-methyl/N-ethyl adjacent to an activating group) is 1. The minimum atomic E-state index is -4.12. The van der Waals surface area contributed by atoms with E-state index < -0.39 is 12.7 Å². The molecule has 1 heterocycles. The molecule has 0 atom stereocenters. The molecule has 96 valence electrons. The van der Waals surface area contributed by atoms with E-state index >= 15 is 0 Å². The predicted molar refractivity (Wildman–Crippen MR) is 55.4 cm³/mol. The molecule has 1 fully saturated rings. The van der Waals surface area contributed by atoms with Crippen LogP contribution in [0.4, 0.5) is 13.2 Å². The topological polar surface area (TPSA) is 24.5 Å². The number of nitrogens with one attached hydrogen (secondary N) is 1. The number of halogens is 3. The molecule has 0 aromatic heterocycles. The zero-order valence-electron chi connectivity index (χ0n) is 9.52. The Morgan fingerprint density at radius 1 is 1.31 bits per heavy atom. The number of ether oxygens (including phenoxy) is 1. The Balaban J connectivity index is 2.05. The molecule has 0 amide bonds. The van der Waals surface area contributed by atoms with Crippen molar-refractivity contribution in [1.29, 1.82) is 0 Å². The highest BCUT2D eigenvalue weighted by molar-refractivity contribution is 4.68. The van der Waals surface area contributed by atoms with Crippen molar-refractivity contribution in [2.24, 2.45) is 0 Å². The van der Waals surface area contributed by atoms with Gasteiger partial charge in [-0.2, -0.15) is 13.2 Å². The Bertz CT molecular complexity index is 193. The van der Waals surface area contributed by atoms with Crippen LogP contribution in [0.5, 0.6) is 0 Å². The maximum atomic E-state index is 12.0. The summed E-state index contributed by atoms with van der Waals surface area (Å²) in [6.07, 6.45) is -2.02. The summed E-state index contributed by atoms with van der Waals surface area (Å²) in [5, 5.41) is 3.21. The van der Waals surface area contributed by atoms with E-state index in [9.17, 15) is 13.2 Å². The monoisotopic (exact) mass is 240 g/mol. The van der Waals surface area contributed by atoms with Crippen molar-refractivity contribution in [2.75, 3.05) is 39.8 Å². The molecule has 1 saturated heterocycles. The van der Waals surface area contributed by atoms with E-state index in [0.29, 0.717) is 13.2 Å². The average molecular weight is 240 g/mol. The summed E-state index contributed by atoms with van der Waals surface area (Å²) in [6.45, 7) is 1.69. The Labute approximate surface area is 93.9 Å².